The number of anilines is 1. The number of Topliss-reactive ketones (excluding diaryl/α,β-unsaturated/α-hetero) is 1. The molecule has 0 radical (unpaired) electrons. The molecule has 1 aromatic heterocycles. The first-order valence-corrected chi connectivity index (χ1v) is 9.58. The fourth-order valence-electron chi connectivity index (χ4n) is 3.11. The number of ketones is 1. The number of carbonyl (C=O) groups excluding carboxylic acids is 2. The van der Waals surface area contributed by atoms with Crippen molar-refractivity contribution in [3.63, 3.8) is 0 Å². The molecule has 0 aliphatic rings. The summed E-state index contributed by atoms with van der Waals surface area (Å²) in [5.41, 5.74) is 3.25. The van der Waals surface area contributed by atoms with Crippen LogP contribution in [0.2, 0.25) is 0 Å². The summed E-state index contributed by atoms with van der Waals surface area (Å²) in [5, 5.41) is 0. The number of carbonyl (C=O) groups is 2. The Hall–Kier alpha value is -3.34. The van der Waals surface area contributed by atoms with Crippen LogP contribution in [0.4, 0.5) is 10.1 Å². The monoisotopic (exact) mass is 390 g/mol. The minimum Gasteiger partial charge on any atom is -0.315 e. The van der Waals surface area contributed by atoms with Crippen LogP contribution in [0.5, 0.6) is 0 Å². The van der Waals surface area contributed by atoms with E-state index in [1.165, 1.54) is 11.0 Å². The van der Waals surface area contributed by atoms with Crippen molar-refractivity contribution in [2.75, 3.05) is 11.9 Å². The molecule has 0 spiro atoms. The van der Waals surface area contributed by atoms with E-state index in [1.807, 2.05) is 12.1 Å². The van der Waals surface area contributed by atoms with E-state index in [9.17, 15) is 14.0 Å². The van der Waals surface area contributed by atoms with Gasteiger partial charge in [0.1, 0.15) is 5.82 Å². The van der Waals surface area contributed by atoms with E-state index >= 15 is 0 Å². The molecular formula is C24H23FN2O2. The number of pyridine rings is 1. The Morgan fingerprint density at radius 2 is 1.83 bits per heavy atom. The van der Waals surface area contributed by atoms with Crippen LogP contribution in [-0.4, -0.2) is 23.7 Å². The molecule has 3 rings (SSSR count). The minimum absolute atomic E-state index is 0.0379. The lowest BCUT2D eigenvalue weighted by Gasteiger charge is -2.17. The van der Waals surface area contributed by atoms with Gasteiger partial charge in [-0.2, -0.15) is 0 Å². The average Bonchev–Trinajstić information content (AvgIpc) is 2.77. The summed E-state index contributed by atoms with van der Waals surface area (Å²) in [4.78, 5) is 29.7. The third kappa shape index (κ3) is 4.93. The van der Waals surface area contributed by atoms with Crippen molar-refractivity contribution in [2.45, 2.75) is 26.2 Å². The summed E-state index contributed by atoms with van der Waals surface area (Å²) in [7, 11) is 1.63. The Labute approximate surface area is 170 Å². The van der Waals surface area contributed by atoms with Crippen LogP contribution in [-0.2, 0) is 11.2 Å². The van der Waals surface area contributed by atoms with Crippen LogP contribution in [0.3, 0.4) is 0 Å². The second kappa shape index (κ2) is 9.24. The molecule has 0 saturated carbocycles. The van der Waals surface area contributed by atoms with E-state index < -0.39 is 5.82 Å². The van der Waals surface area contributed by atoms with E-state index in [0.717, 1.165) is 5.56 Å². The molecular weight excluding hydrogens is 367 g/mol. The van der Waals surface area contributed by atoms with Gasteiger partial charge in [0.25, 0.3) is 0 Å². The number of aromatic nitrogens is 1. The lowest BCUT2D eigenvalue weighted by molar-refractivity contribution is -0.118. The average molecular weight is 390 g/mol. The topological polar surface area (TPSA) is 50.3 Å². The van der Waals surface area contributed by atoms with Gasteiger partial charge in [0.15, 0.2) is 5.78 Å². The quantitative estimate of drug-likeness (QED) is 0.529. The predicted octanol–water partition coefficient (Wildman–Crippen LogP) is 5.08. The molecule has 0 bridgehead atoms. The molecule has 0 N–H and O–H groups in total. The van der Waals surface area contributed by atoms with Gasteiger partial charge in [-0.15, -0.1) is 0 Å². The van der Waals surface area contributed by atoms with Gasteiger partial charge >= 0.3 is 0 Å². The lowest BCUT2D eigenvalue weighted by Crippen LogP contribution is -2.25. The maximum atomic E-state index is 14.6. The van der Waals surface area contributed by atoms with Gasteiger partial charge in [-0.3, -0.25) is 14.6 Å². The molecule has 0 aliphatic heterocycles. The largest absolute Gasteiger partial charge is 0.315 e. The number of hydrogen-bond acceptors (Lipinski definition) is 3. The van der Waals surface area contributed by atoms with Crippen molar-refractivity contribution in [3.05, 3.63) is 83.9 Å². The fourth-order valence-corrected chi connectivity index (χ4v) is 3.11. The Morgan fingerprint density at radius 3 is 2.45 bits per heavy atom. The first-order chi connectivity index (χ1) is 14.0. The van der Waals surface area contributed by atoms with Gasteiger partial charge in [0, 0.05) is 49.1 Å². The first kappa shape index (κ1) is 20.4. The molecule has 5 heteroatoms. The van der Waals surface area contributed by atoms with Crippen molar-refractivity contribution < 1.29 is 14.0 Å². The number of amides is 1. The summed E-state index contributed by atoms with van der Waals surface area (Å²) in [6.07, 6.45) is 4.85. The van der Waals surface area contributed by atoms with E-state index in [4.69, 9.17) is 0 Å². The predicted molar refractivity (Wildman–Crippen MR) is 112 cm³/mol. The zero-order chi connectivity index (χ0) is 20.8. The molecule has 0 aliphatic carbocycles. The Balaban J connectivity index is 1.71. The van der Waals surface area contributed by atoms with Gasteiger partial charge in [-0.25, -0.2) is 4.39 Å². The van der Waals surface area contributed by atoms with Crippen molar-refractivity contribution in [1.29, 1.82) is 0 Å². The van der Waals surface area contributed by atoms with Crippen molar-refractivity contribution in [2.24, 2.45) is 0 Å². The van der Waals surface area contributed by atoms with Crippen LogP contribution in [0.25, 0.3) is 11.1 Å². The molecule has 4 nitrogen and oxygen atoms in total. The van der Waals surface area contributed by atoms with Crippen LogP contribution in [0.15, 0.2) is 67.0 Å². The third-order valence-corrected chi connectivity index (χ3v) is 4.90. The van der Waals surface area contributed by atoms with Gasteiger partial charge in [0.2, 0.25) is 5.91 Å². The first-order valence-electron chi connectivity index (χ1n) is 9.58. The summed E-state index contributed by atoms with van der Waals surface area (Å²) >= 11 is 0. The van der Waals surface area contributed by atoms with Gasteiger partial charge in [-0.1, -0.05) is 37.3 Å². The van der Waals surface area contributed by atoms with E-state index in [-0.39, 0.29) is 11.7 Å². The molecule has 2 aromatic carbocycles. The number of benzene rings is 2. The highest BCUT2D eigenvalue weighted by molar-refractivity contribution is 5.96. The van der Waals surface area contributed by atoms with Gasteiger partial charge in [0.05, 0.1) is 0 Å². The molecule has 29 heavy (non-hydrogen) atoms. The number of hydrogen-bond donors (Lipinski definition) is 0. The molecule has 0 atom stereocenters. The standard InChI is InChI=1S/C24H23FN2O2/c1-3-24(29)27(2)20-11-12-21(22(25)15-20)18-7-9-19(10-8-18)23(28)13-6-17-5-4-14-26-16-17/h4-5,7-12,14-16H,3,6,13H2,1-2H3. The van der Waals surface area contributed by atoms with Crippen LogP contribution in [0.1, 0.15) is 35.7 Å². The number of halogens is 1. The molecule has 0 fully saturated rings. The minimum atomic E-state index is -0.408. The van der Waals surface area contributed by atoms with Crippen molar-refractivity contribution in [3.8, 4) is 11.1 Å². The highest BCUT2D eigenvalue weighted by Crippen LogP contribution is 2.27. The Kier molecular flexibility index (Phi) is 6.50. The number of rotatable bonds is 7. The smallest absolute Gasteiger partial charge is 0.226 e. The van der Waals surface area contributed by atoms with E-state index in [2.05, 4.69) is 4.98 Å². The second-order valence-electron chi connectivity index (χ2n) is 6.83. The van der Waals surface area contributed by atoms with Crippen LogP contribution >= 0.6 is 0 Å². The van der Waals surface area contributed by atoms with Crippen LogP contribution in [0, 0.1) is 5.82 Å². The van der Waals surface area contributed by atoms with Crippen molar-refractivity contribution >= 4 is 17.4 Å². The molecule has 1 amide bonds. The Morgan fingerprint density at radius 1 is 1.07 bits per heavy atom. The SMILES string of the molecule is CCC(=O)N(C)c1ccc(-c2ccc(C(=O)CCc3cccnc3)cc2)c(F)c1. The molecule has 1 heterocycles. The lowest BCUT2D eigenvalue weighted by atomic mass is 9.99. The third-order valence-electron chi connectivity index (χ3n) is 4.90. The van der Waals surface area contributed by atoms with Crippen molar-refractivity contribution in [1.82, 2.24) is 4.98 Å². The molecule has 0 unspecified atom stereocenters. The summed E-state index contributed by atoms with van der Waals surface area (Å²) < 4.78 is 14.6. The number of aryl methyl sites for hydroxylation is 1. The van der Waals surface area contributed by atoms with Gasteiger partial charge in [-0.05, 0) is 41.8 Å². The number of nitrogens with zero attached hydrogens (tertiary/aromatic N) is 2. The normalized spacial score (nSPS) is 10.6. The molecule has 3 aromatic rings. The summed E-state index contributed by atoms with van der Waals surface area (Å²) in [5.74, 6) is -0.448. The molecule has 148 valence electrons. The molecule has 0 saturated heterocycles. The maximum Gasteiger partial charge on any atom is 0.226 e. The van der Waals surface area contributed by atoms with Crippen LogP contribution < -0.4 is 4.90 Å². The maximum absolute atomic E-state index is 14.6. The van der Waals surface area contributed by atoms with E-state index in [1.54, 1.807) is 62.8 Å². The summed E-state index contributed by atoms with van der Waals surface area (Å²) in [6.45, 7) is 1.77. The zero-order valence-electron chi connectivity index (χ0n) is 16.6. The fraction of sp³-hybridized carbons (Fsp3) is 0.208. The highest BCUT2D eigenvalue weighted by Gasteiger charge is 2.13. The Bertz CT molecular complexity index is 1000. The highest BCUT2D eigenvalue weighted by atomic mass is 19.1. The second-order valence-corrected chi connectivity index (χ2v) is 6.83. The van der Waals surface area contributed by atoms with E-state index in [0.29, 0.717) is 41.6 Å². The summed E-state index contributed by atoms with van der Waals surface area (Å²) in [6, 6.07) is 15.5. The zero-order valence-corrected chi connectivity index (χ0v) is 16.6. The van der Waals surface area contributed by atoms with Gasteiger partial charge < -0.3 is 4.90 Å².